The first-order valence-electron chi connectivity index (χ1n) is 4.45. The molecule has 0 unspecified atom stereocenters. The number of hydrogen-bond donors (Lipinski definition) is 1. The second kappa shape index (κ2) is 5.00. The molecule has 0 atom stereocenters. The molecule has 2 N–H and O–H groups in total. The Bertz CT molecular complexity index is 323. The van der Waals surface area contributed by atoms with E-state index in [2.05, 4.69) is 29.9 Å². The van der Waals surface area contributed by atoms with Gasteiger partial charge in [0.25, 0.3) is 0 Å². The Morgan fingerprint density at radius 2 is 2.21 bits per heavy atom. The van der Waals surface area contributed by atoms with Crippen molar-refractivity contribution in [3.05, 3.63) is 23.4 Å². The molecule has 0 fully saturated rings. The summed E-state index contributed by atoms with van der Waals surface area (Å²) in [4.78, 5) is 8.40. The maximum atomic E-state index is 5.61. The van der Waals surface area contributed by atoms with E-state index < -0.39 is 0 Å². The molecule has 1 aromatic rings. The van der Waals surface area contributed by atoms with E-state index >= 15 is 0 Å². The van der Waals surface area contributed by atoms with Crippen LogP contribution in [-0.2, 0) is 0 Å². The van der Waals surface area contributed by atoms with Crippen LogP contribution in [0.5, 0.6) is 0 Å². The van der Waals surface area contributed by atoms with E-state index in [-0.39, 0.29) is 0 Å². The van der Waals surface area contributed by atoms with E-state index in [4.69, 9.17) is 5.73 Å². The summed E-state index contributed by atoms with van der Waals surface area (Å²) >= 11 is 1.60. The standard InChI is InChI=1S/C10H15N3S/c1-7(2)4-5-14-10-12-8(3)6-9(11)13-10/h4,6H,5H2,1-3H3,(H2,11,12,13). The minimum Gasteiger partial charge on any atom is -0.384 e. The average Bonchev–Trinajstić information content (AvgIpc) is 2.01. The highest BCUT2D eigenvalue weighted by Crippen LogP contribution is 2.15. The van der Waals surface area contributed by atoms with Crippen molar-refractivity contribution in [2.45, 2.75) is 25.9 Å². The zero-order valence-corrected chi connectivity index (χ0v) is 9.56. The second-order valence-corrected chi connectivity index (χ2v) is 4.30. The van der Waals surface area contributed by atoms with Gasteiger partial charge in [-0.2, -0.15) is 0 Å². The van der Waals surface area contributed by atoms with Gasteiger partial charge >= 0.3 is 0 Å². The van der Waals surface area contributed by atoms with Crippen molar-refractivity contribution in [3.63, 3.8) is 0 Å². The predicted molar refractivity (Wildman–Crippen MR) is 61.3 cm³/mol. The van der Waals surface area contributed by atoms with Crippen molar-refractivity contribution < 1.29 is 0 Å². The van der Waals surface area contributed by atoms with Gasteiger partial charge in [-0.05, 0) is 20.8 Å². The fraction of sp³-hybridized carbons (Fsp3) is 0.400. The number of aryl methyl sites for hydroxylation is 1. The monoisotopic (exact) mass is 209 g/mol. The summed E-state index contributed by atoms with van der Waals surface area (Å²) in [5.41, 5.74) is 7.83. The van der Waals surface area contributed by atoms with Gasteiger partial charge in [0.1, 0.15) is 5.82 Å². The summed E-state index contributed by atoms with van der Waals surface area (Å²) in [6.45, 7) is 6.07. The van der Waals surface area contributed by atoms with Gasteiger partial charge < -0.3 is 5.73 Å². The number of anilines is 1. The normalized spacial score (nSPS) is 9.93. The van der Waals surface area contributed by atoms with Crippen molar-refractivity contribution in [2.24, 2.45) is 0 Å². The van der Waals surface area contributed by atoms with Crippen molar-refractivity contribution in [2.75, 3.05) is 11.5 Å². The van der Waals surface area contributed by atoms with Crippen molar-refractivity contribution in [1.82, 2.24) is 9.97 Å². The third-order valence-corrected chi connectivity index (χ3v) is 2.33. The lowest BCUT2D eigenvalue weighted by Gasteiger charge is -2.00. The largest absolute Gasteiger partial charge is 0.384 e. The Morgan fingerprint density at radius 1 is 1.50 bits per heavy atom. The molecule has 0 aromatic carbocycles. The molecule has 0 saturated carbocycles. The molecular weight excluding hydrogens is 194 g/mol. The van der Waals surface area contributed by atoms with E-state index in [1.807, 2.05) is 6.92 Å². The van der Waals surface area contributed by atoms with E-state index in [0.717, 1.165) is 16.6 Å². The van der Waals surface area contributed by atoms with Gasteiger partial charge in [-0.3, -0.25) is 0 Å². The number of aromatic nitrogens is 2. The molecule has 0 aliphatic rings. The first kappa shape index (κ1) is 11.0. The van der Waals surface area contributed by atoms with Crippen LogP contribution in [0.3, 0.4) is 0 Å². The van der Waals surface area contributed by atoms with Crippen LogP contribution in [0.25, 0.3) is 0 Å². The number of nitrogen functional groups attached to an aromatic ring is 1. The molecule has 1 rings (SSSR count). The lowest BCUT2D eigenvalue weighted by molar-refractivity contribution is 0.942. The molecule has 4 heteroatoms. The number of rotatable bonds is 3. The third-order valence-electron chi connectivity index (χ3n) is 1.56. The third kappa shape index (κ3) is 3.79. The average molecular weight is 209 g/mol. The van der Waals surface area contributed by atoms with Crippen LogP contribution in [0.2, 0.25) is 0 Å². The second-order valence-electron chi connectivity index (χ2n) is 3.31. The van der Waals surface area contributed by atoms with Gasteiger partial charge in [0.15, 0.2) is 5.16 Å². The molecule has 1 aromatic heterocycles. The lowest BCUT2D eigenvalue weighted by Crippen LogP contribution is -1.96. The number of nitrogens with zero attached hydrogens (tertiary/aromatic N) is 2. The highest BCUT2D eigenvalue weighted by molar-refractivity contribution is 7.99. The van der Waals surface area contributed by atoms with Gasteiger partial charge in [0.2, 0.25) is 0 Å². The molecule has 0 radical (unpaired) electrons. The van der Waals surface area contributed by atoms with Gasteiger partial charge in [-0.15, -0.1) is 0 Å². The Labute approximate surface area is 88.8 Å². The molecular formula is C10H15N3S. The highest BCUT2D eigenvalue weighted by Gasteiger charge is 1.98. The van der Waals surface area contributed by atoms with Crippen LogP contribution >= 0.6 is 11.8 Å². The highest BCUT2D eigenvalue weighted by atomic mass is 32.2. The van der Waals surface area contributed by atoms with Crippen molar-refractivity contribution in [1.29, 1.82) is 0 Å². The van der Waals surface area contributed by atoms with Crippen LogP contribution in [0, 0.1) is 6.92 Å². The maximum absolute atomic E-state index is 5.61. The molecule has 0 spiro atoms. The van der Waals surface area contributed by atoms with Crippen LogP contribution in [0.15, 0.2) is 22.9 Å². The van der Waals surface area contributed by atoms with Crippen LogP contribution in [0.4, 0.5) is 5.82 Å². The van der Waals surface area contributed by atoms with Gasteiger partial charge in [-0.25, -0.2) is 9.97 Å². The molecule has 0 aliphatic heterocycles. The van der Waals surface area contributed by atoms with Gasteiger partial charge in [0.05, 0.1) is 0 Å². The van der Waals surface area contributed by atoms with E-state index in [1.165, 1.54) is 5.57 Å². The molecule has 0 bridgehead atoms. The van der Waals surface area contributed by atoms with E-state index in [0.29, 0.717) is 5.82 Å². The Morgan fingerprint density at radius 3 is 2.79 bits per heavy atom. The summed E-state index contributed by atoms with van der Waals surface area (Å²) in [5, 5.41) is 0.750. The first-order chi connectivity index (χ1) is 6.58. The summed E-state index contributed by atoms with van der Waals surface area (Å²) in [7, 11) is 0. The summed E-state index contributed by atoms with van der Waals surface area (Å²) in [5.74, 6) is 1.43. The fourth-order valence-electron chi connectivity index (χ4n) is 0.912. The first-order valence-corrected chi connectivity index (χ1v) is 5.44. The zero-order valence-electron chi connectivity index (χ0n) is 8.74. The molecule has 76 valence electrons. The van der Waals surface area contributed by atoms with Crippen molar-refractivity contribution in [3.8, 4) is 0 Å². The predicted octanol–water partition coefficient (Wildman–Crippen LogP) is 2.43. The van der Waals surface area contributed by atoms with E-state index in [1.54, 1.807) is 17.8 Å². The summed E-state index contributed by atoms with van der Waals surface area (Å²) in [6.07, 6.45) is 2.15. The topological polar surface area (TPSA) is 51.8 Å². The smallest absolute Gasteiger partial charge is 0.190 e. The van der Waals surface area contributed by atoms with Crippen molar-refractivity contribution >= 4 is 17.6 Å². The number of hydrogen-bond acceptors (Lipinski definition) is 4. The van der Waals surface area contributed by atoms with Crippen LogP contribution in [0.1, 0.15) is 19.5 Å². The number of thioether (sulfide) groups is 1. The quantitative estimate of drug-likeness (QED) is 0.472. The molecule has 0 amide bonds. The van der Waals surface area contributed by atoms with Crippen LogP contribution in [-0.4, -0.2) is 15.7 Å². The Kier molecular flexibility index (Phi) is 3.95. The minimum absolute atomic E-state index is 0.539. The van der Waals surface area contributed by atoms with E-state index in [9.17, 15) is 0 Å². The van der Waals surface area contributed by atoms with Gasteiger partial charge in [-0.1, -0.05) is 23.4 Å². The van der Waals surface area contributed by atoms with Crippen LogP contribution < -0.4 is 5.73 Å². The fourth-order valence-corrected chi connectivity index (χ4v) is 1.86. The summed E-state index contributed by atoms with van der Waals surface area (Å²) in [6, 6.07) is 1.77. The Balaban J connectivity index is 2.63. The number of nitrogens with two attached hydrogens (primary N) is 1. The Hall–Kier alpha value is -1.03. The lowest BCUT2D eigenvalue weighted by atomic mass is 10.3. The minimum atomic E-state index is 0.539. The SMILES string of the molecule is CC(C)=CCSc1nc(C)cc(N)n1. The maximum Gasteiger partial charge on any atom is 0.190 e. The zero-order chi connectivity index (χ0) is 10.6. The molecule has 0 aliphatic carbocycles. The molecule has 1 heterocycles. The van der Waals surface area contributed by atoms with Gasteiger partial charge in [0, 0.05) is 17.5 Å². The summed E-state index contributed by atoms with van der Waals surface area (Å²) < 4.78 is 0. The molecule has 14 heavy (non-hydrogen) atoms. The molecule has 0 saturated heterocycles. The number of allylic oxidation sites excluding steroid dienone is 1. The molecule has 3 nitrogen and oxygen atoms in total.